The second kappa shape index (κ2) is 6.93. The molecule has 118 valence electrons. The molecule has 2 aromatic rings. The molecule has 0 radical (unpaired) electrons. The van der Waals surface area contributed by atoms with Crippen molar-refractivity contribution in [3.05, 3.63) is 34.7 Å². The predicted molar refractivity (Wildman–Crippen MR) is 79.9 cm³/mol. The Kier molecular flexibility index (Phi) is 4.98. The van der Waals surface area contributed by atoms with E-state index in [2.05, 4.69) is 0 Å². The van der Waals surface area contributed by atoms with Crippen LogP contribution in [0.3, 0.4) is 0 Å². The summed E-state index contributed by atoms with van der Waals surface area (Å²) in [5, 5.41) is 17.4. The number of fused-ring (bicyclic) bond motifs is 1. The van der Waals surface area contributed by atoms with Crippen LogP contribution in [0, 0.1) is 0 Å². The number of aryl methyl sites for hydroxylation is 2. The molecule has 0 spiro atoms. The molecular weight excluding hydrogens is 288 g/mol. The van der Waals surface area contributed by atoms with Crippen molar-refractivity contribution in [2.75, 3.05) is 0 Å². The van der Waals surface area contributed by atoms with Crippen LogP contribution in [0.2, 0.25) is 0 Å². The summed E-state index contributed by atoms with van der Waals surface area (Å²) in [4.78, 5) is 33.7. The third-order valence-corrected chi connectivity index (χ3v) is 3.47. The number of benzene rings is 1. The maximum atomic E-state index is 12.5. The van der Waals surface area contributed by atoms with Crippen molar-refractivity contribution in [3.63, 3.8) is 0 Å². The van der Waals surface area contributed by atoms with Crippen molar-refractivity contribution < 1.29 is 19.8 Å². The molecule has 7 nitrogen and oxygen atoms in total. The lowest BCUT2D eigenvalue weighted by Gasteiger charge is -2.01. The van der Waals surface area contributed by atoms with Crippen molar-refractivity contribution in [3.8, 4) is 0 Å². The number of carboxylic acid groups (broad SMARTS) is 2. The summed E-state index contributed by atoms with van der Waals surface area (Å²) >= 11 is 0. The van der Waals surface area contributed by atoms with Crippen molar-refractivity contribution in [1.29, 1.82) is 0 Å². The minimum absolute atomic E-state index is 0.00492. The number of imidazole rings is 1. The van der Waals surface area contributed by atoms with Gasteiger partial charge in [-0.05, 0) is 25.0 Å². The average Bonchev–Trinajstić information content (AvgIpc) is 2.72. The average molecular weight is 306 g/mol. The first-order valence-electron chi connectivity index (χ1n) is 7.12. The van der Waals surface area contributed by atoms with E-state index in [1.807, 2.05) is 24.3 Å². The summed E-state index contributed by atoms with van der Waals surface area (Å²) in [6.45, 7) is 0.662. The first-order valence-corrected chi connectivity index (χ1v) is 7.12. The van der Waals surface area contributed by atoms with Crippen molar-refractivity contribution in [1.82, 2.24) is 9.13 Å². The van der Waals surface area contributed by atoms with Crippen LogP contribution < -0.4 is 5.69 Å². The Morgan fingerprint density at radius 1 is 0.864 bits per heavy atom. The Bertz CT molecular complexity index is 684. The number of para-hydroxylation sites is 2. The number of rotatable bonds is 8. The molecule has 7 heteroatoms. The summed E-state index contributed by atoms with van der Waals surface area (Å²) in [6.07, 6.45) is 0.757. The lowest BCUT2D eigenvalue weighted by Crippen LogP contribution is -2.25. The fraction of sp³-hybridized carbons (Fsp3) is 0.400. The molecule has 0 atom stereocenters. The lowest BCUT2D eigenvalue weighted by molar-refractivity contribution is -0.138. The highest BCUT2D eigenvalue weighted by atomic mass is 16.4. The summed E-state index contributed by atoms with van der Waals surface area (Å²) in [5.41, 5.74) is 1.26. The molecule has 22 heavy (non-hydrogen) atoms. The van der Waals surface area contributed by atoms with Gasteiger partial charge in [0.25, 0.3) is 0 Å². The molecule has 2 rings (SSSR count). The summed E-state index contributed by atoms with van der Waals surface area (Å²) < 4.78 is 3.11. The molecule has 1 heterocycles. The third kappa shape index (κ3) is 3.55. The van der Waals surface area contributed by atoms with Crippen LogP contribution in [-0.4, -0.2) is 31.3 Å². The van der Waals surface area contributed by atoms with Gasteiger partial charge in [0.2, 0.25) is 0 Å². The van der Waals surface area contributed by atoms with Gasteiger partial charge in [-0.25, -0.2) is 4.79 Å². The van der Waals surface area contributed by atoms with Gasteiger partial charge in [0.15, 0.2) is 0 Å². The standard InChI is InChI=1S/C15H18N2O5/c18-13(19)7-3-9-16-11-5-1-2-6-12(11)17(15(16)22)10-4-8-14(20)21/h1-2,5-6H,3-4,7-10H2,(H,18,19)(H,20,21). The van der Waals surface area contributed by atoms with Gasteiger partial charge in [0.1, 0.15) is 0 Å². The first-order chi connectivity index (χ1) is 10.5. The quantitative estimate of drug-likeness (QED) is 0.770. The van der Waals surface area contributed by atoms with Gasteiger partial charge < -0.3 is 10.2 Å². The Morgan fingerprint density at radius 2 is 1.27 bits per heavy atom. The minimum atomic E-state index is -0.891. The molecule has 0 saturated carbocycles. The molecule has 0 saturated heterocycles. The van der Waals surface area contributed by atoms with Crippen molar-refractivity contribution in [2.45, 2.75) is 38.8 Å². The van der Waals surface area contributed by atoms with Crippen LogP contribution in [0.15, 0.2) is 29.1 Å². The van der Waals surface area contributed by atoms with Gasteiger partial charge in [-0.1, -0.05) is 12.1 Å². The highest BCUT2D eigenvalue weighted by Gasteiger charge is 2.13. The van der Waals surface area contributed by atoms with E-state index in [-0.39, 0.29) is 18.5 Å². The third-order valence-electron chi connectivity index (χ3n) is 3.47. The number of hydrogen-bond acceptors (Lipinski definition) is 3. The molecule has 0 amide bonds. The molecule has 2 N–H and O–H groups in total. The van der Waals surface area contributed by atoms with E-state index in [0.717, 1.165) is 11.0 Å². The number of carboxylic acids is 2. The summed E-state index contributed by atoms with van der Waals surface area (Å²) in [5.74, 6) is -1.78. The highest BCUT2D eigenvalue weighted by Crippen LogP contribution is 2.14. The molecule has 0 unspecified atom stereocenters. The highest BCUT2D eigenvalue weighted by molar-refractivity contribution is 5.76. The number of hydrogen-bond donors (Lipinski definition) is 2. The van der Waals surface area contributed by atoms with Crippen LogP contribution in [0.1, 0.15) is 25.7 Å². The molecule has 0 fully saturated rings. The first kappa shape index (κ1) is 15.8. The maximum absolute atomic E-state index is 12.5. The monoisotopic (exact) mass is 306 g/mol. The number of carbonyl (C=O) groups is 2. The Labute approximate surface area is 126 Å². The van der Waals surface area contributed by atoms with E-state index in [9.17, 15) is 14.4 Å². The molecule has 1 aromatic carbocycles. The zero-order valence-electron chi connectivity index (χ0n) is 12.1. The van der Waals surface area contributed by atoms with E-state index in [4.69, 9.17) is 10.2 Å². The topological polar surface area (TPSA) is 102 Å². The van der Waals surface area contributed by atoms with Crippen LogP contribution in [0.25, 0.3) is 11.0 Å². The van der Waals surface area contributed by atoms with E-state index in [1.165, 1.54) is 0 Å². The Hall–Kier alpha value is -2.57. The molecule has 1 aromatic heterocycles. The normalized spacial score (nSPS) is 10.9. The van der Waals surface area contributed by atoms with Gasteiger partial charge in [0.05, 0.1) is 11.0 Å². The molecule has 0 aliphatic heterocycles. The van der Waals surface area contributed by atoms with E-state index in [1.54, 1.807) is 9.13 Å². The molecule has 0 aliphatic rings. The van der Waals surface area contributed by atoms with Crippen LogP contribution in [-0.2, 0) is 22.7 Å². The van der Waals surface area contributed by atoms with Crippen molar-refractivity contribution >= 4 is 23.0 Å². The van der Waals surface area contributed by atoms with Crippen LogP contribution in [0.4, 0.5) is 0 Å². The van der Waals surface area contributed by atoms with Gasteiger partial charge in [-0.15, -0.1) is 0 Å². The minimum Gasteiger partial charge on any atom is -0.481 e. The van der Waals surface area contributed by atoms with Gasteiger partial charge >= 0.3 is 17.6 Å². The van der Waals surface area contributed by atoms with Crippen LogP contribution >= 0.6 is 0 Å². The van der Waals surface area contributed by atoms with E-state index in [0.29, 0.717) is 25.9 Å². The molecular formula is C15H18N2O5. The summed E-state index contributed by atoms with van der Waals surface area (Å²) in [7, 11) is 0. The predicted octanol–water partition coefficient (Wildman–Crippen LogP) is 1.53. The van der Waals surface area contributed by atoms with Gasteiger partial charge in [-0.2, -0.15) is 0 Å². The number of nitrogens with zero attached hydrogens (tertiary/aromatic N) is 2. The smallest absolute Gasteiger partial charge is 0.329 e. The van der Waals surface area contributed by atoms with E-state index >= 15 is 0 Å². The van der Waals surface area contributed by atoms with Gasteiger partial charge in [-0.3, -0.25) is 18.7 Å². The lowest BCUT2D eigenvalue weighted by atomic mass is 10.2. The van der Waals surface area contributed by atoms with Crippen molar-refractivity contribution in [2.24, 2.45) is 0 Å². The SMILES string of the molecule is O=C(O)CCCn1c(=O)n(CCCC(=O)O)c2ccccc21. The Balaban J connectivity index is 2.28. The maximum Gasteiger partial charge on any atom is 0.329 e. The van der Waals surface area contributed by atoms with Gasteiger partial charge in [0, 0.05) is 25.9 Å². The molecule has 0 aliphatic carbocycles. The largest absolute Gasteiger partial charge is 0.481 e. The summed E-state index contributed by atoms with van der Waals surface area (Å²) in [6, 6.07) is 7.25. The fourth-order valence-corrected chi connectivity index (χ4v) is 2.48. The number of aromatic nitrogens is 2. The number of aliphatic carboxylic acids is 2. The molecule has 0 bridgehead atoms. The second-order valence-corrected chi connectivity index (χ2v) is 5.07. The zero-order valence-corrected chi connectivity index (χ0v) is 12.1. The van der Waals surface area contributed by atoms with E-state index < -0.39 is 11.9 Å². The zero-order chi connectivity index (χ0) is 16.1. The Morgan fingerprint density at radius 3 is 1.64 bits per heavy atom. The second-order valence-electron chi connectivity index (χ2n) is 5.07. The fourth-order valence-electron chi connectivity index (χ4n) is 2.48. The van der Waals surface area contributed by atoms with Crippen LogP contribution in [0.5, 0.6) is 0 Å².